The maximum Gasteiger partial charge on any atom is 0.279 e. The SMILES string of the molecule is CSc1ccc(C[NH+](C)CC(=O)Nc2ccccc2S(C)(=O)=O)cc1. The summed E-state index contributed by atoms with van der Waals surface area (Å²) in [5.41, 5.74) is 1.48. The highest BCUT2D eigenvalue weighted by atomic mass is 32.2. The van der Waals surface area contributed by atoms with Gasteiger partial charge in [0.2, 0.25) is 0 Å². The van der Waals surface area contributed by atoms with Crippen LogP contribution in [-0.4, -0.2) is 40.4 Å². The molecule has 0 saturated carbocycles. The maximum absolute atomic E-state index is 12.3. The highest BCUT2D eigenvalue weighted by Gasteiger charge is 2.16. The van der Waals surface area contributed by atoms with Crippen molar-refractivity contribution in [1.29, 1.82) is 0 Å². The summed E-state index contributed by atoms with van der Waals surface area (Å²) in [6.45, 7) is 0.970. The number of quaternary nitrogens is 1. The van der Waals surface area contributed by atoms with E-state index in [0.29, 0.717) is 5.69 Å². The summed E-state index contributed by atoms with van der Waals surface area (Å²) >= 11 is 1.69. The van der Waals surface area contributed by atoms with Crippen molar-refractivity contribution in [2.24, 2.45) is 0 Å². The summed E-state index contributed by atoms with van der Waals surface area (Å²) in [5.74, 6) is -0.214. The Morgan fingerprint density at radius 3 is 2.36 bits per heavy atom. The summed E-state index contributed by atoms with van der Waals surface area (Å²) in [6.07, 6.45) is 3.17. The van der Waals surface area contributed by atoms with Crippen LogP contribution >= 0.6 is 11.8 Å². The molecule has 0 bridgehead atoms. The molecule has 0 saturated heterocycles. The van der Waals surface area contributed by atoms with Gasteiger partial charge in [-0.1, -0.05) is 24.3 Å². The smallest absolute Gasteiger partial charge is 0.279 e. The van der Waals surface area contributed by atoms with Gasteiger partial charge < -0.3 is 10.2 Å². The first kappa shape index (κ1) is 19.5. The van der Waals surface area contributed by atoms with Crippen molar-refractivity contribution < 1.29 is 18.1 Å². The number of benzene rings is 2. The lowest BCUT2D eigenvalue weighted by Gasteiger charge is -2.15. The van der Waals surface area contributed by atoms with E-state index >= 15 is 0 Å². The number of carbonyl (C=O) groups excluding carboxylic acids is 1. The quantitative estimate of drug-likeness (QED) is 0.715. The van der Waals surface area contributed by atoms with E-state index in [1.165, 1.54) is 11.0 Å². The molecule has 0 aliphatic heterocycles. The predicted molar refractivity (Wildman–Crippen MR) is 102 cm³/mol. The van der Waals surface area contributed by atoms with E-state index in [2.05, 4.69) is 29.6 Å². The topological polar surface area (TPSA) is 67.7 Å². The fourth-order valence-corrected chi connectivity index (χ4v) is 3.77. The van der Waals surface area contributed by atoms with Gasteiger partial charge in [-0.15, -0.1) is 11.8 Å². The second-order valence-electron chi connectivity index (χ2n) is 5.98. The second kappa shape index (κ2) is 8.51. The zero-order valence-corrected chi connectivity index (χ0v) is 16.2. The summed E-state index contributed by atoms with van der Waals surface area (Å²) in [4.78, 5) is 14.6. The average molecular weight is 380 g/mol. The Labute approximate surface area is 153 Å². The van der Waals surface area contributed by atoms with E-state index in [1.54, 1.807) is 30.0 Å². The molecule has 1 unspecified atom stereocenters. The van der Waals surface area contributed by atoms with Gasteiger partial charge in [-0.3, -0.25) is 4.79 Å². The number of para-hydroxylation sites is 1. The van der Waals surface area contributed by atoms with Crippen LogP contribution in [0.15, 0.2) is 58.3 Å². The Bertz CT molecular complexity index is 834. The molecule has 5 nitrogen and oxygen atoms in total. The minimum atomic E-state index is -3.39. The molecule has 7 heteroatoms. The number of anilines is 1. The third-order valence-corrected chi connectivity index (χ3v) is 5.59. The monoisotopic (exact) mass is 379 g/mol. The normalized spacial score (nSPS) is 12.6. The summed E-state index contributed by atoms with van der Waals surface area (Å²) in [5, 5.41) is 2.71. The molecule has 25 heavy (non-hydrogen) atoms. The summed E-state index contributed by atoms with van der Waals surface area (Å²) < 4.78 is 23.6. The van der Waals surface area contributed by atoms with Crippen LogP contribution in [0.25, 0.3) is 0 Å². The van der Waals surface area contributed by atoms with Crippen molar-refractivity contribution >= 4 is 33.2 Å². The van der Waals surface area contributed by atoms with Gasteiger partial charge in [-0.25, -0.2) is 8.42 Å². The predicted octanol–water partition coefficient (Wildman–Crippen LogP) is 1.47. The largest absolute Gasteiger partial charge is 0.326 e. The molecule has 2 rings (SSSR count). The van der Waals surface area contributed by atoms with Gasteiger partial charge in [-0.05, 0) is 30.5 Å². The first-order chi connectivity index (χ1) is 11.8. The Morgan fingerprint density at radius 1 is 1.12 bits per heavy atom. The lowest BCUT2D eigenvalue weighted by Crippen LogP contribution is -3.08. The molecule has 1 amide bonds. The van der Waals surface area contributed by atoms with Crippen LogP contribution in [0.1, 0.15) is 5.56 Å². The maximum atomic E-state index is 12.3. The molecule has 0 spiro atoms. The molecule has 134 valence electrons. The van der Waals surface area contributed by atoms with Crippen molar-refractivity contribution in [2.45, 2.75) is 16.3 Å². The van der Waals surface area contributed by atoms with Gasteiger partial charge in [-0.2, -0.15) is 0 Å². The summed E-state index contributed by atoms with van der Waals surface area (Å²) in [7, 11) is -1.45. The molecule has 0 aliphatic rings. The molecule has 0 radical (unpaired) electrons. The fourth-order valence-electron chi connectivity index (χ4n) is 2.52. The van der Waals surface area contributed by atoms with Crippen LogP contribution in [0.3, 0.4) is 0 Å². The third-order valence-electron chi connectivity index (χ3n) is 3.69. The molecule has 0 fully saturated rings. The Morgan fingerprint density at radius 2 is 1.76 bits per heavy atom. The minimum Gasteiger partial charge on any atom is -0.326 e. The van der Waals surface area contributed by atoms with Crippen molar-refractivity contribution in [2.75, 3.05) is 31.4 Å². The van der Waals surface area contributed by atoms with E-state index in [4.69, 9.17) is 0 Å². The molecule has 2 aromatic rings. The highest BCUT2D eigenvalue weighted by Crippen LogP contribution is 2.20. The Kier molecular flexibility index (Phi) is 6.64. The van der Waals surface area contributed by atoms with Crippen molar-refractivity contribution in [3.05, 3.63) is 54.1 Å². The second-order valence-corrected chi connectivity index (χ2v) is 8.84. The number of likely N-dealkylation sites (N-methyl/N-ethyl adjacent to an activating group) is 1. The van der Waals surface area contributed by atoms with Gasteiger partial charge >= 0.3 is 0 Å². The lowest BCUT2D eigenvalue weighted by molar-refractivity contribution is -0.885. The zero-order chi connectivity index (χ0) is 18.4. The van der Waals surface area contributed by atoms with Crippen LogP contribution in [0.2, 0.25) is 0 Å². The van der Waals surface area contributed by atoms with E-state index in [0.717, 1.165) is 23.3 Å². The average Bonchev–Trinajstić information content (AvgIpc) is 2.54. The van der Waals surface area contributed by atoms with Crippen LogP contribution < -0.4 is 10.2 Å². The molecule has 1 atom stereocenters. The van der Waals surface area contributed by atoms with Crippen LogP contribution in [0.5, 0.6) is 0 Å². The number of sulfone groups is 1. The lowest BCUT2D eigenvalue weighted by atomic mass is 10.2. The van der Waals surface area contributed by atoms with Crippen LogP contribution in [0, 0.1) is 0 Å². The van der Waals surface area contributed by atoms with Gasteiger partial charge in [0.05, 0.1) is 17.6 Å². The van der Waals surface area contributed by atoms with Crippen molar-refractivity contribution in [3.8, 4) is 0 Å². The molecule has 0 aliphatic carbocycles. The number of rotatable bonds is 7. The Hall–Kier alpha value is -1.83. The molecule has 2 N–H and O–H groups in total. The zero-order valence-electron chi connectivity index (χ0n) is 14.6. The fraction of sp³-hybridized carbons (Fsp3) is 0.278. The molecule has 2 aromatic carbocycles. The van der Waals surface area contributed by atoms with Crippen molar-refractivity contribution in [1.82, 2.24) is 0 Å². The van der Waals surface area contributed by atoms with Crippen LogP contribution in [-0.2, 0) is 21.2 Å². The van der Waals surface area contributed by atoms with E-state index in [9.17, 15) is 13.2 Å². The number of thioether (sulfide) groups is 1. The number of amides is 1. The first-order valence-corrected chi connectivity index (χ1v) is 10.9. The first-order valence-electron chi connectivity index (χ1n) is 7.83. The molecule has 0 heterocycles. The van der Waals surface area contributed by atoms with Gasteiger partial charge in [0, 0.05) is 16.7 Å². The standard InChI is InChI=1S/C18H22N2O3S2/c1-20(12-14-8-10-15(24-2)11-9-14)13-18(21)19-16-6-4-5-7-17(16)25(3,22)23/h4-11H,12-13H2,1-3H3,(H,19,21)/p+1. The number of hydrogen-bond donors (Lipinski definition) is 2. The van der Waals surface area contributed by atoms with Crippen molar-refractivity contribution in [3.63, 3.8) is 0 Å². The summed E-state index contributed by atoms with van der Waals surface area (Å²) in [6, 6.07) is 14.7. The van der Waals surface area contributed by atoms with E-state index in [-0.39, 0.29) is 17.3 Å². The number of nitrogens with one attached hydrogen (secondary N) is 2. The van der Waals surface area contributed by atoms with Gasteiger partial charge in [0.15, 0.2) is 16.4 Å². The molecular formula is C18H23N2O3S2+. The van der Waals surface area contributed by atoms with Gasteiger partial charge in [0.25, 0.3) is 5.91 Å². The Balaban J connectivity index is 1.98. The number of hydrogen-bond acceptors (Lipinski definition) is 4. The van der Waals surface area contributed by atoms with Gasteiger partial charge in [0.1, 0.15) is 6.54 Å². The van der Waals surface area contributed by atoms with Crippen LogP contribution in [0.4, 0.5) is 5.69 Å². The van der Waals surface area contributed by atoms with E-state index in [1.807, 2.05) is 13.3 Å². The van der Waals surface area contributed by atoms with E-state index < -0.39 is 9.84 Å². The highest BCUT2D eigenvalue weighted by molar-refractivity contribution is 7.98. The molecular weight excluding hydrogens is 356 g/mol. The minimum absolute atomic E-state index is 0.133. The third kappa shape index (κ3) is 5.88. The number of carbonyl (C=O) groups is 1. The molecule has 0 aromatic heterocycles.